The Hall–Kier alpha value is -0.590. The Kier molecular flexibility index (Phi) is 10.0. The summed E-state index contributed by atoms with van der Waals surface area (Å²) in [5, 5.41) is 15.0. The molecule has 5 nitrogen and oxygen atoms in total. The number of nitro groups is 1. The summed E-state index contributed by atoms with van der Waals surface area (Å²) in [6.07, 6.45) is 1.01. The van der Waals surface area contributed by atoms with Crippen LogP contribution in [0.3, 0.4) is 0 Å². The summed E-state index contributed by atoms with van der Waals surface area (Å²) < 4.78 is 0. The van der Waals surface area contributed by atoms with Crippen LogP contribution in [0.1, 0.15) is 31.9 Å². The van der Waals surface area contributed by atoms with Crippen molar-refractivity contribution in [1.82, 2.24) is 10.2 Å². The van der Waals surface area contributed by atoms with Crippen molar-refractivity contribution in [2.45, 2.75) is 26.3 Å². The van der Waals surface area contributed by atoms with Crippen molar-refractivity contribution >= 4 is 42.1 Å². The Morgan fingerprint density at radius 3 is 2.48 bits per heavy atom. The second-order valence-electron chi connectivity index (χ2n) is 5.58. The minimum Gasteiger partial charge on any atom is -0.314 e. The number of non-ortho nitro benzene ring substituents is 1. The lowest BCUT2D eigenvalue weighted by Gasteiger charge is -2.38. The number of halogens is 3. The molecule has 0 bridgehead atoms. The Labute approximate surface area is 154 Å². The highest BCUT2D eigenvalue weighted by Gasteiger charge is 2.29. The number of rotatable bonds is 5. The van der Waals surface area contributed by atoms with Gasteiger partial charge in [-0.2, -0.15) is 0 Å². The number of benzene rings is 1. The van der Waals surface area contributed by atoms with Crippen molar-refractivity contribution in [2.75, 3.05) is 26.2 Å². The van der Waals surface area contributed by atoms with Crippen LogP contribution in [0.25, 0.3) is 0 Å². The van der Waals surface area contributed by atoms with E-state index in [1.54, 1.807) is 12.1 Å². The predicted octanol–water partition coefficient (Wildman–Crippen LogP) is 4.08. The average molecular weight is 385 g/mol. The molecule has 2 atom stereocenters. The van der Waals surface area contributed by atoms with Gasteiger partial charge in [-0.3, -0.25) is 15.0 Å². The van der Waals surface area contributed by atoms with Crippen molar-refractivity contribution in [2.24, 2.45) is 5.92 Å². The molecule has 8 heteroatoms. The number of nitrogens with one attached hydrogen (secondary N) is 1. The fourth-order valence-corrected chi connectivity index (χ4v) is 3.15. The van der Waals surface area contributed by atoms with E-state index < -0.39 is 0 Å². The summed E-state index contributed by atoms with van der Waals surface area (Å²) in [6, 6.07) is 4.88. The van der Waals surface area contributed by atoms with Crippen LogP contribution in [0.4, 0.5) is 5.69 Å². The zero-order chi connectivity index (χ0) is 15.4. The van der Waals surface area contributed by atoms with Gasteiger partial charge in [0, 0.05) is 49.4 Å². The molecule has 1 saturated heterocycles. The Bertz CT molecular complexity index is 511. The lowest BCUT2D eigenvalue weighted by molar-refractivity contribution is -0.385. The van der Waals surface area contributed by atoms with Gasteiger partial charge in [0.25, 0.3) is 5.69 Å². The molecule has 1 N–H and O–H groups in total. The van der Waals surface area contributed by atoms with E-state index in [0.717, 1.165) is 38.2 Å². The Morgan fingerprint density at radius 1 is 1.35 bits per heavy atom. The van der Waals surface area contributed by atoms with E-state index in [1.165, 1.54) is 6.07 Å². The molecule has 0 saturated carbocycles. The fourth-order valence-electron chi connectivity index (χ4n) is 2.92. The largest absolute Gasteiger partial charge is 0.314 e. The molecule has 0 spiro atoms. The van der Waals surface area contributed by atoms with E-state index in [4.69, 9.17) is 11.6 Å². The quantitative estimate of drug-likeness (QED) is 0.614. The highest BCUT2D eigenvalue weighted by atomic mass is 35.5. The first-order valence-corrected chi connectivity index (χ1v) is 7.81. The van der Waals surface area contributed by atoms with E-state index in [-0.39, 0.29) is 41.5 Å². The Balaban J connectivity index is 0.00000242. The van der Waals surface area contributed by atoms with Gasteiger partial charge in [0.1, 0.15) is 0 Å². The smallest absolute Gasteiger partial charge is 0.269 e. The molecule has 0 amide bonds. The van der Waals surface area contributed by atoms with Gasteiger partial charge < -0.3 is 5.32 Å². The van der Waals surface area contributed by atoms with E-state index in [0.29, 0.717) is 10.9 Å². The molecule has 0 aromatic heterocycles. The molecule has 1 fully saturated rings. The number of piperazine rings is 1. The third kappa shape index (κ3) is 5.47. The molecule has 23 heavy (non-hydrogen) atoms. The van der Waals surface area contributed by atoms with Gasteiger partial charge in [0.15, 0.2) is 0 Å². The van der Waals surface area contributed by atoms with Gasteiger partial charge in [-0.25, -0.2) is 0 Å². The van der Waals surface area contributed by atoms with Crippen molar-refractivity contribution in [3.05, 3.63) is 38.9 Å². The van der Waals surface area contributed by atoms with Crippen molar-refractivity contribution in [1.29, 1.82) is 0 Å². The first kappa shape index (κ1) is 22.4. The van der Waals surface area contributed by atoms with Gasteiger partial charge in [-0.15, -0.1) is 24.8 Å². The number of nitro benzene ring substituents is 1. The molecule has 2 rings (SSSR count). The molecule has 1 heterocycles. The molecule has 0 aliphatic carbocycles. The standard InChI is InChI=1S/C15H22ClN3O2.2ClH/c1-3-11(2)15(18-8-6-17-7-9-18)13-10-12(19(20)21)4-5-14(13)16;;/h4-5,10-11,15,17H,3,6-9H2,1-2H3;2*1H/t11?,15-;;/m1../s1. The molecule has 132 valence electrons. The predicted molar refractivity (Wildman–Crippen MR) is 99.2 cm³/mol. The first-order chi connectivity index (χ1) is 10.0. The third-order valence-electron chi connectivity index (χ3n) is 4.24. The summed E-state index contributed by atoms with van der Waals surface area (Å²) in [4.78, 5) is 13.1. The van der Waals surface area contributed by atoms with E-state index in [1.807, 2.05) is 0 Å². The maximum atomic E-state index is 11.0. The zero-order valence-electron chi connectivity index (χ0n) is 13.3. The summed E-state index contributed by atoms with van der Waals surface area (Å²) in [7, 11) is 0. The molecule has 1 aromatic carbocycles. The monoisotopic (exact) mass is 383 g/mol. The molecule has 0 radical (unpaired) electrons. The van der Waals surface area contributed by atoms with Gasteiger partial charge in [0.2, 0.25) is 0 Å². The summed E-state index contributed by atoms with van der Waals surface area (Å²) >= 11 is 6.35. The van der Waals surface area contributed by atoms with Crippen LogP contribution < -0.4 is 5.32 Å². The second-order valence-corrected chi connectivity index (χ2v) is 5.99. The van der Waals surface area contributed by atoms with Crippen LogP contribution in [0.5, 0.6) is 0 Å². The summed E-state index contributed by atoms with van der Waals surface area (Å²) in [6.45, 7) is 8.09. The highest BCUT2D eigenvalue weighted by molar-refractivity contribution is 6.31. The second kappa shape index (κ2) is 10.3. The summed E-state index contributed by atoms with van der Waals surface area (Å²) in [5.41, 5.74) is 0.986. The summed E-state index contributed by atoms with van der Waals surface area (Å²) in [5.74, 6) is 0.391. The minimum absolute atomic E-state index is 0. The SMILES string of the molecule is CCC(C)[C@H](c1cc([N+](=O)[O-])ccc1Cl)N1CCNCC1.Cl.Cl. The molecule has 1 unspecified atom stereocenters. The minimum atomic E-state index is -0.356. The molecule has 1 aliphatic rings. The van der Waals surface area contributed by atoms with Crippen LogP contribution >= 0.6 is 36.4 Å². The number of nitrogens with zero attached hydrogens (tertiary/aromatic N) is 2. The van der Waals surface area contributed by atoms with Crippen molar-refractivity contribution in [3.63, 3.8) is 0 Å². The van der Waals surface area contributed by atoms with Crippen LogP contribution in [0, 0.1) is 16.0 Å². The molecule has 1 aliphatic heterocycles. The van der Waals surface area contributed by atoms with Crippen molar-refractivity contribution in [3.8, 4) is 0 Å². The number of hydrogen-bond acceptors (Lipinski definition) is 4. The normalized spacial score (nSPS) is 17.5. The third-order valence-corrected chi connectivity index (χ3v) is 4.58. The maximum absolute atomic E-state index is 11.0. The molecular weight excluding hydrogens is 361 g/mol. The maximum Gasteiger partial charge on any atom is 0.269 e. The zero-order valence-corrected chi connectivity index (χ0v) is 15.7. The lowest BCUT2D eigenvalue weighted by Crippen LogP contribution is -2.46. The van der Waals surface area contributed by atoms with E-state index in [2.05, 4.69) is 24.1 Å². The first-order valence-electron chi connectivity index (χ1n) is 7.43. The number of hydrogen-bond donors (Lipinski definition) is 1. The fraction of sp³-hybridized carbons (Fsp3) is 0.600. The van der Waals surface area contributed by atoms with Crippen molar-refractivity contribution < 1.29 is 4.92 Å². The molecular formula is C15H24Cl3N3O2. The van der Waals surface area contributed by atoms with Crippen LogP contribution in [-0.2, 0) is 0 Å². The average Bonchev–Trinajstić information content (AvgIpc) is 2.50. The highest BCUT2D eigenvalue weighted by Crippen LogP contribution is 2.37. The topological polar surface area (TPSA) is 58.4 Å². The van der Waals surface area contributed by atoms with Gasteiger partial charge in [-0.05, 0) is 17.5 Å². The van der Waals surface area contributed by atoms with Gasteiger partial charge >= 0.3 is 0 Å². The van der Waals surface area contributed by atoms with Crippen LogP contribution in [0.2, 0.25) is 5.02 Å². The molecule has 1 aromatic rings. The van der Waals surface area contributed by atoms with Gasteiger partial charge in [-0.1, -0.05) is 31.9 Å². The Morgan fingerprint density at radius 2 is 1.96 bits per heavy atom. The van der Waals surface area contributed by atoms with Gasteiger partial charge in [0.05, 0.1) is 4.92 Å². The van der Waals surface area contributed by atoms with E-state index in [9.17, 15) is 10.1 Å². The van der Waals surface area contributed by atoms with Crippen LogP contribution in [0.15, 0.2) is 18.2 Å². The van der Waals surface area contributed by atoms with E-state index >= 15 is 0 Å². The lowest BCUT2D eigenvalue weighted by atomic mass is 9.90. The van der Waals surface area contributed by atoms with Crippen LogP contribution in [-0.4, -0.2) is 36.0 Å².